The summed E-state index contributed by atoms with van der Waals surface area (Å²) in [6, 6.07) is 5.13. The van der Waals surface area contributed by atoms with E-state index in [1.165, 1.54) is 17.1 Å². The zero-order valence-electron chi connectivity index (χ0n) is 11.8. The number of hydrogen-bond acceptors (Lipinski definition) is 4. The van der Waals surface area contributed by atoms with Gasteiger partial charge in [0.25, 0.3) is 0 Å². The van der Waals surface area contributed by atoms with Gasteiger partial charge in [0.1, 0.15) is 4.90 Å². The van der Waals surface area contributed by atoms with Gasteiger partial charge < -0.3 is 5.73 Å². The summed E-state index contributed by atoms with van der Waals surface area (Å²) in [6.07, 6.45) is 3.30. The number of anilines is 1. The van der Waals surface area contributed by atoms with Crippen molar-refractivity contribution >= 4 is 27.3 Å². The molecule has 2 saturated heterocycles. The van der Waals surface area contributed by atoms with Crippen molar-refractivity contribution in [3.63, 3.8) is 0 Å². The first-order valence-electron chi connectivity index (χ1n) is 7.28. The quantitative estimate of drug-likeness (QED) is 0.858. The molecule has 2 heterocycles. The number of nitrogens with two attached hydrogens (primary N) is 1. The van der Waals surface area contributed by atoms with E-state index in [1.54, 1.807) is 18.2 Å². The fourth-order valence-corrected chi connectivity index (χ4v) is 5.39. The highest BCUT2D eigenvalue weighted by atomic mass is 35.5. The second kappa shape index (κ2) is 5.76. The van der Waals surface area contributed by atoms with E-state index in [4.69, 9.17) is 17.3 Å². The van der Waals surface area contributed by atoms with E-state index in [2.05, 4.69) is 4.90 Å². The van der Waals surface area contributed by atoms with Gasteiger partial charge in [-0.25, -0.2) is 8.42 Å². The molecule has 116 valence electrons. The lowest BCUT2D eigenvalue weighted by atomic mass is 10.2. The fourth-order valence-electron chi connectivity index (χ4n) is 3.26. The summed E-state index contributed by atoms with van der Waals surface area (Å²) in [7, 11) is -3.61. The standard InChI is InChI=1S/C14H20ClN3O2S/c15-12-4-3-5-13(16)14(12)21(19,20)18-9-6-11(10-18)17-7-1-2-8-17/h3-5,11H,1-2,6-10,16H2. The van der Waals surface area contributed by atoms with E-state index in [-0.39, 0.29) is 15.6 Å². The average Bonchev–Trinajstić information content (AvgIpc) is 3.09. The average molecular weight is 330 g/mol. The van der Waals surface area contributed by atoms with Crippen LogP contribution in [-0.4, -0.2) is 49.8 Å². The normalized spacial score (nSPS) is 24.7. The first-order chi connectivity index (χ1) is 10.00. The predicted molar refractivity (Wildman–Crippen MR) is 83.8 cm³/mol. The molecule has 5 nitrogen and oxygen atoms in total. The molecule has 0 saturated carbocycles. The molecule has 0 amide bonds. The van der Waals surface area contributed by atoms with Crippen LogP contribution in [0.3, 0.4) is 0 Å². The maximum absolute atomic E-state index is 12.8. The monoisotopic (exact) mass is 329 g/mol. The van der Waals surface area contributed by atoms with Gasteiger partial charge in [0.05, 0.1) is 10.7 Å². The Morgan fingerprint density at radius 1 is 1.19 bits per heavy atom. The molecule has 7 heteroatoms. The van der Waals surface area contributed by atoms with E-state index in [0.717, 1.165) is 19.5 Å². The van der Waals surface area contributed by atoms with Crippen molar-refractivity contribution in [2.45, 2.75) is 30.2 Å². The number of hydrogen-bond donors (Lipinski definition) is 1. The lowest BCUT2D eigenvalue weighted by Crippen LogP contribution is -2.37. The van der Waals surface area contributed by atoms with Crippen molar-refractivity contribution in [2.75, 3.05) is 31.9 Å². The fraction of sp³-hybridized carbons (Fsp3) is 0.571. The predicted octanol–water partition coefficient (Wildman–Crippen LogP) is 1.78. The molecule has 0 spiro atoms. The van der Waals surface area contributed by atoms with Crippen molar-refractivity contribution in [1.29, 1.82) is 0 Å². The van der Waals surface area contributed by atoms with E-state index in [0.29, 0.717) is 19.1 Å². The number of nitrogen functional groups attached to an aromatic ring is 1. The molecule has 2 fully saturated rings. The molecule has 3 rings (SSSR count). The minimum Gasteiger partial charge on any atom is -0.398 e. The lowest BCUT2D eigenvalue weighted by molar-refractivity contribution is 0.251. The summed E-state index contributed by atoms with van der Waals surface area (Å²) in [5.41, 5.74) is 6.05. The number of sulfonamides is 1. The number of rotatable bonds is 3. The van der Waals surface area contributed by atoms with E-state index in [1.807, 2.05) is 0 Å². The van der Waals surface area contributed by atoms with Gasteiger partial charge in [-0.3, -0.25) is 4.90 Å². The second-order valence-electron chi connectivity index (χ2n) is 5.71. The van der Waals surface area contributed by atoms with Crippen LogP contribution >= 0.6 is 11.6 Å². The molecule has 1 atom stereocenters. The van der Waals surface area contributed by atoms with Crippen LogP contribution in [0, 0.1) is 0 Å². The topological polar surface area (TPSA) is 66.6 Å². The molecule has 1 aromatic carbocycles. The van der Waals surface area contributed by atoms with Gasteiger partial charge in [-0.1, -0.05) is 17.7 Å². The van der Waals surface area contributed by atoms with E-state index >= 15 is 0 Å². The molecule has 1 aromatic rings. The zero-order chi connectivity index (χ0) is 15.0. The van der Waals surface area contributed by atoms with Gasteiger partial charge in [0.2, 0.25) is 10.0 Å². The van der Waals surface area contributed by atoms with Gasteiger partial charge in [0.15, 0.2) is 0 Å². The highest BCUT2D eigenvalue weighted by molar-refractivity contribution is 7.89. The maximum atomic E-state index is 12.8. The van der Waals surface area contributed by atoms with Crippen LogP contribution in [0.4, 0.5) is 5.69 Å². The third-order valence-corrected chi connectivity index (χ3v) is 6.79. The van der Waals surface area contributed by atoms with Crippen LogP contribution < -0.4 is 5.73 Å². The van der Waals surface area contributed by atoms with Crippen molar-refractivity contribution in [2.24, 2.45) is 0 Å². The molecule has 0 aliphatic carbocycles. The van der Waals surface area contributed by atoms with Gasteiger partial charge in [-0.15, -0.1) is 0 Å². The zero-order valence-corrected chi connectivity index (χ0v) is 13.4. The SMILES string of the molecule is Nc1cccc(Cl)c1S(=O)(=O)N1CCC(N2CCCC2)C1. The summed E-state index contributed by atoms with van der Waals surface area (Å²) in [4.78, 5) is 2.44. The highest BCUT2D eigenvalue weighted by Crippen LogP contribution is 2.32. The molecule has 1 unspecified atom stereocenters. The van der Waals surface area contributed by atoms with Crippen molar-refractivity contribution in [1.82, 2.24) is 9.21 Å². The Morgan fingerprint density at radius 2 is 1.90 bits per heavy atom. The third kappa shape index (κ3) is 2.77. The van der Waals surface area contributed by atoms with Crippen LogP contribution in [0.1, 0.15) is 19.3 Å². The lowest BCUT2D eigenvalue weighted by Gasteiger charge is -2.24. The molecule has 2 aliphatic rings. The molecular weight excluding hydrogens is 310 g/mol. The van der Waals surface area contributed by atoms with Gasteiger partial charge in [0, 0.05) is 19.1 Å². The van der Waals surface area contributed by atoms with Crippen molar-refractivity contribution < 1.29 is 8.42 Å². The van der Waals surface area contributed by atoms with Crippen LogP contribution in [0.25, 0.3) is 0 Å². The maximum Gasteiger partial charge on any atom is 0.246 e. The summed E-state index contributed by atoms with van der Waals surface area (Å²) in [6.45, 7) is 3.22. The number of benzene rings is 1. The first-order valence-corrected chi connectivity index (χ1v) is 9.10. The van der Waals surface area contributed by atoms with Gasteiger partial charge in [-0.2, -0.15) is 4.31 Å². The summed E-state index contributed by atoms with van der Waals surface area (Å²) < 4.78 is 27.1. The van der Waals surface area contributed by atoms with E-state index in [9.17, 15) is 8.42 Å². The van der Waals surface area contributed by atoms with Crippen LogP contribution in [0.15, 0.2) is 23.1 Å². The Balaban J connectivity index is 1.83. The Bertz CT molecular complexity index is 609. The largest absolute Gasteiger partial charge is 0.398 e. The number of halogens is 1. The van der Waals surface area contributed by atoms with Gasteiger partial charge >= 0.3 is 0 Å². The Morgan fingerprint density at radius 3 is 2.57 bits per heavy atom. The van der Waals surface area contributed by atoms with Gasteiger partial charge in [-0.05, 0) is 44.5 Å². The summed E-state index contributed by atoms with van der Waals surface area (Å²) in [5.74, 6) is 0. The summed E-state index contributed by atoms with van der Waals surface area (Å²) in [5, 5.41) is 0.194. The number of nitrogens with zero attached hydrogens (tertiary/aromatic N) is 2. The Hall–Kier alpha value is -0.820. The molecule has 0 radical (unpaired) electrons. The first kappa shape index (κ1) is 15.1. The van der Waals surface area contributed by atoms with Crippen molar-refractivity contribution in [3.05, 3.63) is 23.2 Å². The molecule has 2 aliphatic heterocycles. The van der Waals surface area contributed by atoms with E-state index < -0.39 is 10.0 Å². The molecule has 0 bridgehead atoms. The Kier molecular flexibility index (Phi) is 4.14. The molecule has 21 heavy (non-hydrogen) atoms. The third-order valence-electron chi connectivity index (χ3n) is 4.38. The molecule has 2 N–H and O–H groups in total. The summed E-state index contributed by atoms with van der Waals surface area (Å²) >= 11 is 6.06. The second-order valence-corrected chi connectivity index (χ2v) is 7.99. The van der Waals surface area contributed by atoms with Crippen LogP contribution in [0.2, 0.25) is 5.02 Å². The smallest absolute Gasteiger partial charge is 0.246 e. The highest BCUT2D eigenvalue weighted by Gasteiger charge is 2.37. The minimum atomic E-state index is -3.61. The van der Waals surface area contributed by atoms with Crippen LogP contribution in [0.5, 0.6) is 0 Å². The molecular formula is C14H20ClN3O2S. The molecule has 0 aromatic heterocycles. The Labute approximate surface area is 130 Å². The minimum absolute atomic E-state index is 0.0498. The van der Waals surface area contributed by atoms with Crippen LogP contribution in [-0.2, 0) is 10.0 Å². The van der Waals surface area contributed by atoms with Crippen molar-refractivity contribution in [3.8, 4) is 0 Å². The number of likely N-dealkylation sites (tertiary alicyclic amines) is 1.